The first-order valence-electron chi connectivity index (χ1n) is 10.3. The molecule has 166 valence electrons. The van der Waals surface area contributed by atoms with Crippen molar-refractivity contribution >= 4 is 5.84 Å². The summed E-state index contributed by atoms with van der Waals surface area (Å²) in [4.78, 5) is 4.34. The Morgan fingerprint density at radius 2 is 1.58 bits per heavy atom. The average Bonchev–Trinajstić information content (AvgIpc) is 3.32. The van der Waals surface area contributed by atoms with Crippen LogP contribution in [0.3, 0.4) is 0 Å². The number of fused-ring (bicyclic) bond motifs is 1. The molecular formula is C22H25F3N4O2. The lowest BCUT2D eigenvalue weighted by atomic mass is 9.93. The van der Waals surface area contributed by atoms with Crippen LogP contribution < -0.4 is 5.73 Å². The first kappa shape index (κ1) is 23.1. The van der Waals surface area contributed by atoms with E-state index < -0.39 is 34.4 Å². The summed E-state index contributed by atoms with van der Waals surface area (Å²) in [6, 6.07) is 8.74. The van der Waals surface area contributed by atoms with E-state index in [4.69, 9.17) is 15.2 Å². The topological polar surface area (TPSA) is 104 Å². The minimum atomic E-state index is -4.49. The largest absolute Gasteiger partial charge is 0.416 e. The first-order valence-corrected chi connectivity index (χ1v) is 10.3. The molecule has 1 saturated carbocycles. The lowest BCUT2D eigenvalue weighted by molar-refractivity contribution is -0.260. The standard InChI is InChI=1S/C22H25F3N4O2/c1-3-5-11-30-22(31-12-6-4-2)20(14-27)17(19(20,13-26)18(28)29-22)15-7-9-16(10-8-15)21(23,24)25/h7-10,17H,3-6,11-12H2,1-2H3,(H2,28,29). The number of hydrogen-bond acceptors (Lipinski definition) is 6. The Morgan fingerprint density at radius 3 is 2.00 bits per heavy atom. The molecule has 0 saturated heterocycles. The predicted molar refractivity (Wildman–Crippen MR) is 106 cm³/mol. The molecule has 0 aromatic heterocycles. The number of nitrogens with zero attached hydrogens (tertiary/aromatic N) is 3. The van der Waals surface area contributed by atoms with Gasteiger partial charge in [0, 0.05) is 5.92 Å². The molecule has 1 fully saturated rings. The number of amidine groups is 1. The third-order valence-electron chi connectivity index (χ3n) is 6.09. The minimum Gasteiger partial charge on any atom is -0.386 e. The van der Waals surface area contributed by atoms with Crippen LogP contribution in [0.4, 0.5) is 13.2 Å². The maximum Gasteiger partial charge on any atom is 0.416 e. The molecule has 3 rings (SSSR count). The molecule has 2 aliphatic rings. The molecule has 1 heterocycles. The number of alkyl halides is 3. The number of hydrogen-bond donors (Lipinski definition) is 1. The lowest BCUT2D eigenvalue weighted by Crippen LogP contribution is -2.44. The highest BCUT2D eigenvalue weighted by atomic mass is 19.4. The summed E-state index contributed by atoms with van der Waals surface area (Å²) >= 11 is 0. The lowest BCUT2D eigenvalue weighted by Gasteiger charge is -2.32. The third kappa shape index (κ3) is 3.19. The van der Waals surface area contributed by atoms with Crippen LogP contribution in [0.1, 0.15) is 56.6 Å². The molecule has 1 aromatic carbocycles. The van der Waals surface area contributed by atoms with Crippen LogP contribution in [0.15, 0.2) is 29.3 Å². The maximum absolute atomic E-state index is 13.0. The molecule has 6 nitrogen and oxygen atoms in total. The van der Waals surface area contributed by atoms with Gasteiger partial charge in [-0.25, -0.2) is 4.99 Å². The Hall–Kier alpha value is -2.62. The molecule has 31 heavy (non-hydrogen) atoms. The molecule has 0 radical (unpaired) electrons. The quantitative estimate of drug-likeness (QED) is 0.456. The second kappa shape index (κ2) is 8.14. The maximum atomic E-state index is 13.0. The van der Waals surface area contributed by atoms with Gasteiger partial charge in [0.05, 0.1) is 30.9 Å². The van der Waals surface area contributed by atoms with E-state index in [2.05, 4.69) is 17.1 Å². The molecule has 3 unspecified atom stereocenters. The van der Waals surface area contributed by atoms with E-state index in [9.17, 15) is 23.7 Å². The molecule has 0 spiro atoms. The zero-order valence-electron chi connectivity index (χ0n) is 17.5. The van der Waals surface area contributed by atoms with Gasteiger partial charge in [0.1, 0.15) is 11.3 Å². The summed E-state index contributed by atoms with van der Waals surface area (Å²) in [5.41, 5.74) is 2.63. The van der Waals surface area contributed by atoms with E-state index in [1.807, 2.05) is 13.8 Å². The zero-order valence-corrected chi connectivity index (χ0v) is 17.5. The van der Waals surface area contributed by atoms with E-state index in [0.717, 1.165) is 25.0 Å². The summed E-state index contributed by atoms with van der Waals surface area (Å²) in [5, 5.41) is 20.3. The van der Waals surface area contributed by atoms with Crippen LogP contribution in [-0.2, 0) is 15.7 Å². The molecule has 0 amide bonds. The van der Waals surface area contributed by atoms with Crippen LogP contribution in [-0.4, -0.2) is 25.0 Å². The van der Waals surface area contributed by atoms with Crippen LogP contribution in [0.5, 0.6) is 0 Å². The van der Waals surface area contributed by atoms with Crippen molar-refractivity contribution in [1.82, 2.24) is 0 Å². The third-order valence-corrected chi connectivity index (χ3v) is 6.09. The van der Waals surface area contributed by atoms with Gasteiger partial charge in [-0.2, -0.15) is 23.7 Å². The van der Waals surface area contributed by atoms with Gasteiger partial charge in [-0.1, -0.05) is 38.8 Å². The number of rotatable bonds is 9. The summed E-state index contributed by atoms with van der Waals surface area (Å²) in [7, 11) is 0. The van der Waals surface area contributed by atoms with Gasteiger partial charge in [-0.05, 0) is 30.5 Å². The van der Waals surface area contributed by atoms with Crippen molar-refractivity contribution in [3.8, 4) is 12.1 Å². The Kier molecular flexibility index (Phi) is 6.05. The van der Waals surface area contributed by atoms with Gasteiger partial charge in [0.2, 0.25) is 0 Å². The van der Waals surface area contributed by atoms with Crippen molar-refractivity contribution in [3.63, 3.8) is 0 Å². The Bertz CT molecular complexity index is 922. The first-order chi connectivity index (χ1) is 14.7. The fourth-order valence-electron chi connectivity index (χ4n) is 4.43. The van der Waals surface area contributed by atoms with Crippen molar-refractivity contribution in [1.29, 1.82) is 10.5 Å². The molecule has 0 bridgehead atoms. The van der Waals surface area contributed by atoms with E-state index in [0.29, 0.717) is 18.4 Å². The normalized spacial score (nSPS) is 28.4. The van der Waals surface area contributed by atoms with E-state index in [-0.39, 0.29) is 19.0 Å². The molecular weight excluding hydrogens is 409 g/mol. The Balaban J connectivity index is 2.07. The summed E-state index contributed by atoms with van der Waals surface area (Å²) in [5.74, 6) is -2.69. The van der Waals surface area contributed by atoms with Gasteiger partial charge in [0.15, 0.2) is 5.41 Å². The highest BCUT2D eigenvalue weighted by Crippen LogP contribution is 2.82. The summed E-state index contributed by atoms with van der Waals surface area (Å²) < 4.78 is 51.0. The molecule has 3 atom stereocenters. The number of benzene rings is 1. The molecule has 1 aliphatic carbocycles. The molecule has 1 aromatic rings. The second-order valence-electron chi connectivity index (χ2n) is 7.88. The number of unbranched alkanes of at least 4 members (excludes halogenated alkanes) is 2. The number of nitrogens with two attached hydrogens (primary N) is 1. The van der Waals surface area contributed by atoms with Crippen molar-refractivity contribution < 1.29 is 22.6 Å². The van der Waals surface area contributed by atoms with Gasteiger partial charge >= 0.3 is 6.18 Å². The van der Waals surface area contributed by atoms with Crippen molar-refractivity contribution in [2.24, 2.45) is 21.6 Å². The summed E-state index contributed by atoms with van der Waals surface area (Å²) in [6.07, 6.45) is -1.47. The monoisotopic (exact) mass is 434 g/mol. The fraction of sp³-hybridized carbons (Fsp3) is 0.591. The number of ether oxygens (including phenoxy) is 2. The van der Waals surface area contributed by atoms with E-state index in [1.54, 1.807) is 0 Å². The highest BCUT2D eigenvalue weighted by Gasteiger charge is 2.93. The SMILES string of the molecule is CCCCOC1(OCCCC)N=C(N)C2(C#N)C(c3ccc(C(F)(F)F)cc3)C12C#N. The van der Waals surface area contributed by atoms with Gasteiger partial charge in [-0.15, -0.1) is 0 Å². The van der Waals surface area contributed by atoms with Gasteiger partial charge in [-0.3, -0.25) is 0 Å². The van der Waals surface area contributed by atoms with Crippen LogP contribution in [0.25, 0.3) is 0 Å². The number of nitriles is 2. The summed E-state index contributed by atoms with van der Waals surface area (Å²) in [6.45, 7) is 4.43. The highest BCUT2D eigenvalue weighted by molar-refractivity contribution is 6.00. The van der Waals surface area contributed by atoms with E-state index >= 15 is 0 Å². The molecule has 9 heteroatoms. The second-order valence-corrected chi connectivity index (χ2v) is 7.88. The predicted octanol–water partition coefficient (Wildman–Crippen LogP) is 4.48. The van der Waals surface area contributed by atoms with Crippen molar-refractivity contribution in [2.75, 3.05) is 13.2 Å². The Labute approximate surface area is 179 Å². The zero-order chi connectivity index (χ0) is 22.9. The molecule has 2 N–H and O–H groups in total. The van der Waals surface area contributed by atoms with Crippen LogP contribution in [0.2, 0.25) is 0 Å². The van der Waals surface area contributed by atoms with Gasteiger partial charge in [0.25, 0.3) is 5.91 Å². The molecule has 1 aliphatic heterocycles. The van der Waals surface area contributed by atoms with Crippen molar-refractivity contribution in [2.45, 2.75) is 57.5 Å². The van der Waals surface area contributed by atoms with Gasteiger partial charge < -0.3 is 15.2 Å². The van der Waals surface area contributed by atoms with E-state index in [1.165, 1.54) is 12.1 Å². The van der Waals surface area contributed by atoms with Crippen LogP contribution in [0, 0.1) is 33.5 Å². The average molecular weight is 434 g/mol. The van der Waals surface area contributed by atoms with Crippen molar-refractivity contribution in [3.05, 3.63) is 35.4 Å². The fourth-order valence-corrected chi connectivity index (χ4v) is 4.43. The number of aliphatic imine (C=N–C) groups is 1. The smallest absolute Gasteiger partial charge is 0.386 e. The minimum absolute atomic E-state index is 0.0885. The van der Waals surface area contributed by atoms with Crippen LogP contribution >= 0.6 is 0 Å². The Morgan fingerprint density at radius 1 is 1.03 bits per heavy atom. The number of halogens is 3.